The Morgan fingerprint density at radius 1 is 0.970 bits per heavy atom. The van der Waals surface area contributed by atoms with Crippen molar-refractivity contribution in [3.63, 3.8) is 0 Å². The molecule has 2 aromatic heterocycles. The molecule has 7 nitrogen and oxygen atoms in total. The third kappa shape index (κ3) is 3.83. The molecule has 1 aromatic carbocycles. The molecule has 5 rings (SSSR count). The zero-order valence-electron chi connectivity index (χ0n) is 18.1. The molecule has 1 fully saturated rings. The second-order valence-corrected chi connectivity index (χ2v) is 10.1. The van der Waals surface area contributed by atoms with Crippen molar-refractivity contribution in [3.05, 3.63) is 66.1 Å². The zero-order valence-corrected chi connectivity index (χ0v) is 18.9. The van der Waals surface area contributed by atoms with Gasteiger partial charge in [-0.25, -0.2) is 17.2 Å². The maximum Gasteiger partial charge on any atom is 0.264 e. The molecule has 2 aliphatic heterocycles. The fourth-order valence-electron chi connectivity index (χ4n) is 4.43. The molecule has 0 radical (unpaired) electrons. The summed E-state index contributed by atoms with van der Waals surface area (Å²) in [5.74, 6) is -1.75. The molecule has 1 saturated heterocycles. The van der Waals surface area contributed by atoms with Crippen molar-refractivity contribution in [1.82, 2.24) is 14.9 Å². The Kier molecular flexibility index (Phi) is 5.49. The first-order chi connectivity index (χ1) is 15.9. The van der Waals surface area contributed by atoms with Gasteiger partial charge in [0, 0.05) is 50.7 Å². The van der Waals surface area contributed by atoms with Crippen molar-refractivity contribution >= 4 is 21.4 Å². The van der Waals surface area contributed by atoms with E-state index in [4.69, 9.17) is 0 Å². The van der Waals surface area contributed by atoms with Crippen molar-refractivity contribution in [2.24, 2.45) is 0 Å². The number of likely N-dealkylation sites (N-methyl/N-ethyl adjacent to an activating group) is 1. The third-order valence-corrected chi connectivity index (χ3v) is 8.00. The van der Waals surface area contributed by atoms with Crippen LogP contribution in [0.4, 0.5) is 20.2 Å². The Balaban J connectivity index is 1.50. The molecule has 0 atom stereocenters. The normalized spacial score (nSPS) is 16.8. The van der Waals surface area contributed by atoms with Crippen LogP contribution >= 0.6 is 0 Å². The second-order valence-electron chi connectivity index (χ2n) is 8.25. The molecule has 172 valence electrons. The van der Waals surface area contributed by atoms with E-state index in [2.05, 4.69) is 14.9 Å². The molecule has 10 heteroatoms. The standard InChI is InChI=1S/C23H23F2N5O2S/c1-28-8-10-29(11-9-28)23-19(24)12-16(13-20(23)25)33(31,32)30-7-5-17-18(14-26-15-22(17)30)21-4-2-3-6-27-21/h2-4,6,12-15H,5,7-11H2,1H3. The fourth-order valence-corrected chi connectivity index (χ4v) is 5.94. The molecule has 33 heavy (non-hydrogen) atoms. The summed E-state index contributed by atoms with van der Waals surface area (Å²) >= 11 is 0. The lowest BCUT2D eigenvalue weighted by Gasteiger charge is -2.34. The van der Waals surface area contributed by atoms with Crippen LogP contribution in [0.5, 0.6) is 0 Å². The lowest BCUT2D eigenvalue weighted by molar-refractivity contribution is 0.310. The molecule has 0 bridgehead atoms. The Hall–Kier alpha value is -3.11. The van der Waals surface area contributed by atoms with Crippen molar-refractivity contribution < 1.29 is 17.2 Å². The number of fused-ring (bicyclic) bond motifs is 1. The number of halogens is 2. The van der Waals surface area contributed by atoms with Gasteiger partial charge in [-0.15, -0.1) is 0 Å². The van der Waals surface area contributed by atoms with Crippen molar-refractivity contribution in [3.8, 4) is 11.3 Å². The van der Waals surface area contributed by atoms with Crippen molar-refractivity contribution in [1.29, 1.82) is 0 Å². The fraction of sp³-hybridized carbons (Fsp3) is 0.304. The van der Waals surface area contributed by atoms with Gasteiger partial charge in [-0.1, -0.05) is 6.07 Å². The Bertz CT molecular complexity index is 1270. The third-order valence-electron chi connectivity index (χ3n) is 6.21. The van der Waals surface area contributed by atoms with Gasteiger partial charge in [0.1, 0.15) is 5.69 Å². The van der Waals surface area contributed by atoms with Gasteiger partial charge in [0.2, 0.25) is 0 Å². The summed E-state index contributed by atoms with van der Waals surface area (Å²) in [5, 5.41) is 0. The number of aromatic nitrogens is 2. The minimum Gasteiger partial charge on any atom is -0.364 e. The highest BCUT2D eigenvalue weighted by Crippen LogP contribution is 2.38. The molecule has 0 saturated carbocycles. The van der Waals surface area contributed by atoms with E-state index in [9.17, 15) is 17.2 Å². The maximum absolute atomic E-state index is 15.0. The number of rotatable bonds is 4. The minimum absolute atomic E-state index is 0.159. The Morgan fingerprint density at radius 3 is 2.36 bits per heavy atom. The summed E-state index contributed by atoms with van der Waals surface area (Å²) in [6, 6.07) is 7.31. The predicted molar refractivity (Wildman–Crippen MR) is 122 cm³/mol. The van der Waals surface area contributed by atoms with Gasteiger partial charge in [-0.2, -0.15) is 0 Å². The van der Waals surface area contributed by atoms with Crippen LogP contribution in [0, 0.1) is 11.6 Å². The van der Waals surface area contributed by atoms with E-state index in [0.717, 1.165) is 23.3 Å². The molecule has 0 amide bonds. The van der Waals surface area contributed by atoms with E-state index in [1.165, 1.54) is 10.5 Å². The van der Waals surface area contributed by atoms with E-state index >= 15 is 0 Å². The first kappa shape index (κ1) is 21.7. The summed E-state index contributed by atoms with van der Waals surface area (Å²) in [6.07, 6.45) is 5.23. The van der Waals surface area contributed by atoms with Gasteiger partial charge in [0.25, 0.3) is 10.0 Å². The quantitative estimate of drug-likeness (QED) is 0.583. The summed E-state index contributed by atoms with van der Waals surface area (Å²) < 4.78 is 58.0. The summed E-state index contributed by atoms with van der Waals surface area (Å²) in [6.45, 7) is 2.45. The number of anilines is 2. The number of piperazine rings is 1. The molecular weight excluding hydrogens is 448 g/mol. The zero-order chi connectivity index (χ0) is 23.2. The van der Waals surface area contributed by atoms with Crippen LogP contribution in [0.25, 0.3) is 11.3 Å². The van der Waals surface area contributed by atoms with Crippen LogP contribution in [-0.4, -0.2) is 63.1 Å². The summed E-state index contributed by atoms with van der Waals surface area (Å²) in [7, 11) is -2.24. The Labute approximate surface area is 191 Å². The first-order valence-corrected chi connectivity index (χ1v) is 12.1. The van der Waals surface area contributed by atoms with Crippen LogP contribution in [-0.2, 0) is 16.4 Å². The Morgan fingerprint density at radius 2 is 1.70 bits per heavy atom. The molecular formula is C23H23F2N5O2S. The minimum atomic E-state index is -4.19. The molecule has 0 N–H and O–H groups in total. The molecule has 0 aliphatic carbocycles. The first-order valence-electron chi connectivity index (χ1n) is 10.7. The highest BCUT2D eigenvalue weighted by molar-refractivity contribution is 7.92. The van der Waals surface area contributed by atoms with E-state index in [0.29, 0.717) is 44.0 Å². The number of pyridine rings is 2. The monoisotopic (exact) mass is 471 g/mol. The van der Waals surface area contributed by atoms with Crippen LogP contribution in [0.15, 0.2) is 53.8 Å². The van der Waals surface area contributed by atoms with Gasteiger partial charge in [-0.3, -0.25) is 14.3 Å². The summed E-state index contributed by atoms with van der Waals surface area (Å²) in [4.78, 5) is 11.8. The molecule has 0 unspecified atom stereocenters. The largest absolute Gasteiger partial charge is 0.364 e. The van der Waals surface area contributed by atoms with Gasteiger partial charge < -0.3 is 9.80 Å². The smallest absolute Gasteiger partial charge is 0.264 e. The maximum atomic E-state index is 15.0. The highest BCUT2D eigenvalue weighted by atomic mass is 32.2. The highest BCUT2D eigenvalue weighted by Gasteiger charge is 2.34. The second kappa shape index (κ2) is 8.35. The van der Waals surface area contributed by atoms with Crippen LogP contribution in [0.3, 0.4) is 0 Å². The number of hydrogen-bond donors (Lipinski definition) is 0. The molecule has 4 heterocycles. The van der Waals surface area contributed by atoms with Gasteiger partial charge in [0.15, 0.2) is 11.6 Å². The number of hydrogen-bond acceptors (Lipinski definition) is 6. The van der Waals surface area contributed by atoms with Crippen LogP contribution in [0.2, 0.25) is 0 Å². The topological polar surface area (TPSA) is 69.6 Å². The van der Waals surface area contributed by atoms with E-state index in [1.807, 2.05) is 19.2 Å². The average molecular weight is 472 g/mol. The molecule has 2 aliphatic rings. The number of sulfonamides is 1. The van der Waals surface area contributed by atoms with E-state index in [1.54, 1.807) is 23.4 Å². The van der Waals surface area contributed by atoms with Gasteiger partial charge >= 0.3 is 0 Å². The van der Waals surface area contributed by atoms with Crippen molar-refractivity contribution in [2.45, 2.75) is 11.3 Å². The van der Waals surface area contributed by atoms with Gasteiger partial charge in [-0.05, 0) is 43.3 Å². The molecule has 3 aromatic rings. The summed E-state index contributed by atoms with van der Waals surface area (Å²) in [5.41, 5.74) is 2.45. The lowest BCUT2D eigenvalue weighted by atomic mass is 10.0. The van der Waals surface area contributed by atoms with Crippen LogP contribution < -0.4 is 9.21 Å². The predicted octanol–water partition coefficient (Wildman–Crippen LogP) is 2.93. The van der Waals surface area contributed by atoms with E-state index in [-0.39, 0.29) is 12.2 Å². The molecule has 0 spiro atoms. The van der Waals surface area contributed by atoms with E-state index < -0.39 is 26.6 Å². The number of nitrogens with zero attached hydrogens (tertiary/aromatic N) is 5. The SMILES string of the molecule is CN1CCN(c2c(F)cc(S(=O)(=O)N3CCc4c(-c5ccccn5)cncc43)cc2F)CC1. The average Bonchev–Trinajstić information content (AvgIpc) is 3.25. The van der Waals surface area contributed by atoms with Crippen LogP contribution in [0.1, 0.15) is 5.56 Å². The van der Waals surface area contributed by atoms with Crippen molar-refractivity contribution in [2.75, 3.05) is 49.0 Å². The number of benzene rings is 1. The van der Waals surface area contributed by atoms with Gasteiger partial charge in [0.05, 0.1) is 22.5 Å². The lowest BCUT2D eigenvalue weighted by Crippen LogP contribution is -2.45.